The zero-order valence-corrected chi connectivity index (χ0v) is 12.5. The molecule has 0 radical (unpaired) electrons. The fourth-order valence-electron chi connectivity index (χ4n) is 1.95. The second kappa shape index (κ2) is 7.09. The van der Waals surface area contributed by atoms with Crippen molar-refractivity contribution in [3.8, 4) is 11.8 Å². The number of nitrogens with zero attached hydrogens (tertiary/aromatic N) is 1. The van der Waals surface area contributed by atoms with Gasteiger partial charge in [-0.05, 0) is 42.3 Å². The summed E-state index contributed by atoms with van der Waals surface area (Å²) in [5, 5.41) is 12.0. The number of carbonyl (C=O) groups is 1. The van der Waals surface area contributed by atoms with E-state index in [-0.39, 0.29) is 5.57 Å². The van der Waals surface area contributed by atoms with E-state index in [1.165, 1.54) is 6.08 Å². The van der Waals surface area contributed by atoms with E-state index in [1.807, 2.05) is 31.2 Å². The lowest BCUT2D eigenvalue weighted by atomic mass is 10.1. The molecular formula is C18H16N2O2. The summed E-state index contributed by atoms with van der Waals surface area (Å²) in [4.78, 5) is 12.2. The Morgan fingerprint density at radius 2 is 2.00 bits per heavy atom. The van der Waals surface area contributed by atoms with Crippen molar-refractivity contribution in [2.24, 2.45) is 0 Å². The molecule has 4 nitrogen and oxygen atoms in total. The summed E-state index contributed by atoms with van der Waals surface area (Å²) in [5.74, 6) is 0.241. The Balaban J connectivity index is 2.24. The third-order valence-corrected chi connectivity index (χ3v) is 3.16. The molecule has 0 bridgehead atoms. The molecule has 0 atom stereocenters. The number of nitrogens with one attached hydrogen (secondary N) is 1. The van der Waals surface area contributed by atoms with Crippen molar-refractivity contribution in [2.45, 2.75) is 6.92 Å². The molecule has 1 N–H and O–H groups in total. The van der Waals surface area contributed by atoms with Gasteiger partial charge >= 0.3 is 0 Å². The van der Waals surface area contributed by atoms with Gasteiger partial charge in [0.1, 0.15) is 17.4 Å². The molecule has 2 aromatic rings. The van der Waals surface area contributed by atoms with E-state index in [0.717, 1.165) is 11.1 Å². The number of methoxy groups -OCH3 is 1. The van der Waals surface area contributed by atoms with Crippen molar-refractivity contribution >= 4 is 17.7 Å². The predicted molar refractivity (Wildman–Crippen MR) is 86.4 cm³/mol. The van der Waals surface area contributed by atoms with Crippen molar-refractivity contribution in [1.29, 1.82) is 5.26 Å². The number of anilines is 1. The number of benzene rings is 2. The molecule has 0 saturated carbocycles. The van der Waals surface area contributed by atoms with Crippen molar-refractivity contribution in [1.82, 2.24) is 0 Å². The average Bonchev–Trinajstić information content (AvgIpc) is 2.54. The van der Waals surface area contributed by atoms with Crippen LogP contribution in [0.4, 0.5) is 5.69 Å². The second-order valence-electron chi connectivity index (χ2n) is 4.72. The van der Waals surface area contributed by atoms with Gasteiger partial charge in [-0.15, -0.1) is 0 Å². The van der Waals surface area contributed by atoms with Crippen molar-refractivity contribution in [2.75, 3.05) is 12.4 Å². The fraction of sp³-hybridized carbons (Fsp3) is 0.111. The zero-order valence-electron chi connectivity index (χ0n) is 12.5. The maximum Gasteiger partial charge on any atom is 0.266 e. The number of ether oxygens (including phenoxy) is 1. The number of hydrogen-bond donors (Lipinski definition) is 1. The van der Waals surface area contributed by atoms with Gasteiger partial charge < -0.3 is 10.1 Å². The molecule has 0 heterocycles. The van der Waals surface area contributed by atoms with E-state index in [4.69, 9.17) is 4.74 Å². The van der Waals surface area contributed by atoms with E-state index in [0.29, 0.717) is 11.4 Å². The predicted octanol–water partition coefficient (Wildman–Crippen LogP) is 3.55. The molecule has 22 heavy (non-hydrogen) atoms. The Kier molecular flexibility index (Phi) is 4.94. The lowest BCUT2D eigenvalue weighted by molar-refractivity contribution is -0.112. The van der Waals surface area contributed by atoms with E-state index >= 15 is 0 Å². The Morgan fingerprint density at radius 1 is 1.23 bits per heavy atom. The van der Waals surface area contributed by atoms with Crippen LogP contribution >= 0.6 is 0 Å². The normalized spacial score (nSPS) is 10.7. The van der Waals surface area contributed by atoms with Crippen LogP contribution in [0.2, 0.25) is 0 Å². The van der Waals surface area contributed by atoms with Crippen molar-refractivity contribution in [3.05, 3.63) is 65.2 Å². The van der Waals surface area contributed by atoms with Crippen LogP contribution in [-0.2, 0) is 4.79 Å². The maximum atomic E-state index is 12.2. The quantitative estimate of drug-likeness (QED) is 0.692. The van der Waals surface area contributed by atoms with Crippen LogP contribution in [0.5, 0.6) is 5.75 Å². The van der Waals surface area contributed by atoms with Crippen LogP contribution in [0.15, 0.2) is 54.1 Å². The monoisotopic (exact) mass is 292 g/mol. The lowest BCUT2D eigenvalue weighted by Gasteiger charge is -2.07. The number of amides is 1. The average molecular weight is 292 g/mol. The van der Waals surface area contributed by atoms with Crippen LogP contribution in [0.25, 0.3) is 6.08 Å². The Hall–Kier alpha value is -3.06. The fourth-order valence-corrected chi connectivity index (χ4v) is 1.95. The van der Waals surface area contributed by atoms with Gasteiger partial charge in [0.2, 0.25) is 0 Å². The minimum Gasteiger partial charge on any atom is -0.497 e. The third kappa shape index (κ3) is 3.74. The first kappa shape index (κ1) is 15.3. The highest BCUT2D eigenvalue weighted by Crippen LogP contribution is 2.17. The summed E-state index contributed by atoms with van der Waals surface area (Å²) in [6.07, 6.45) is 1.54. The van der Waals surface area contributed by atoms with E-state index < -0.39 is 5.91 Å². The van der Waals surface area contributed by atoms with Gasteiger partial charge in [0, 0.05) is 5.69 Å². The van der Waals surface area contributed by atoms with Gasteiger partial charge in [-0.1, -0.05) is 30.3 Å². The van der Waals surface area contributed by atoms with Gasteiger partial charge in [-0.25, -0.2) is 0 Å². The highest BCUT2D eigenvalue weighted by molar-refractivity contribution is 6.09. The Bertz CT molecular complexity index is 758. The molecule has 0 fully saturated rings. The standard InChI is InChI=1S/C18H16N2O2/c1-13-6-3-4-9-17(13)20-18(21)15(12-19)10-14-7-5-8-16(11-14)22-2/h3-11H,1-2H3,(H,20,21)/b15-10-. The van der Waals surface area contributed by atoms with Crippen molar-refractivity contribution < 1.29 is 9.53 Å². The smallest absolute Gasteiger partial charge is 0.266 e. The highest BCUT2D eigenvalue weighted by atomic mass is 16.5. The zero-order chi connectivity index (χ0) is 15.9. The number of carbonyl (C=O) groups excluding carboxylic acids is 1. The maximum absolute atomic E-state index is 12.2. The molecule has 2 aromatic carbocycles. The van der Waals surface area contributed by atoms with Crippen LogP contribution in [0, 0.1) is 18.3 Å². The first-order valence-corrected chi connectivity index (χ1v) is 6.77. The number of para-hydroxylation sites is 1. The van der Waals surface area contributed by atoms with Gasteiger partial charge in [0.05, 0.1) is 7.11 Å². The third-order valence-electron chi connectivity index (χ3n) is 3.16. The summed E-state index contributed by atoms with van der Waals surface area (Å²) >= 11 is 0. The summed E-state index contributed by atoms with van der Waals surface area (Å²) in [7, 11) is 1.57. The molecule has 4 heteroatoms. The van der Waals surface area contributed by atoms with Gasteiger partial charge in [0.25, 0.3) is 5.91 Å². The van der Waals surface area contributed by atoms with E-state index in [1.54, 1.807) is 37.4 Å². The highest BCUT2D eigenvalue weighted by Gasteiger charge is 2.10. The molecule has 0 spiro atoms. The van der Waals surface area contributed by atoms with Gasteiger partial charge in [0.15, 0.2) is 0 Å². The molecular weight excluding hydrogens is 276 g/mol. The van der Waals surface area contributed by atoms with Crippen LogP contribution in [0.1, 0.15) is 11.1 Å². The minimum absolute atomic E-state index is 0.0384. The summed E-state index contributed by atoms with van der Waals surface area (Å²) in [5.41, 5.74) is 2.40. The first-order chi connectivity index (χ1) is 10.6. The Morgan fingerprint density at radius 3 is 2.68 bits per heavy atom. The first-order valence-electron chi connectivity index (χ1n) is 6.77. The molecule has 1 amide bonds. The van der Waals surface area contributed by atoms with E-state index in [9.17, 15) is 10.1 Å². The van der Waals surface area contributed by atoms with Gasteiger partial charge in [-0.3, -0.25) is 4.79 Å². The molecule has 0 unspecified atom stereocenters. The lowest BCUT2D eigenvalue weighted by Crippen LogP contribution is -2.14. The number of nitriles is 1. The molecule has 0 aliphatic carbocycles. The summed E-state index contributed by atoms with van der Waals surface area (Å²) in [6, 6.07) is 16.5. The van der Waals surface area contributed by atoms with Gasteiger partial charge in [-0.2, -0.15) is 5.26 Å². The van der Waals surface area contributed by atoms with Crippen molar-refractivity contribution in [3.63, 3.8) is 0 Å². The number of rotatable bonds is 4. The van der Waals surface area contributed by atoms with Crippen LogP contribution in [0.3, 0.4) is 0 Å². The Labute approximate surface area is 129 Å². The number of aryl methyl sites for hydroxylation is 1. The minimum atomic E-state index is -0.431. The molecule has 0 aromatic heterocycles. The topological polar surface area (TPSA) is 62.1 Å². The molecule has 0 saturated heterocycles. The largest absolute Gasteiger partial charge is 0.497 e. The van der Waals surface area contributed by atoms with E-state index in [2.05, 4.69) is 5.32 Å². The number of hydrogen-bond acceptors (Lipinski definition) is 3. The van der Waals surface area contributed by atoms with Crippen LogP contribution < -0.4 is 10.1 Å². The SMILES string of the molecule is COc1cccc(/C=C(/C#N)C(=O)Nc2ccccc2C)c1. The molecule has 0 aliphatic heterocycles. The second-order valence-corrected chi connectivity index (χ2v) is 4.72. The summed E-state index contributed by atoms with van der Waals surface area (Å²) < 4.78 is 5.13. The summed E-state index contributed by atoms with van der Waals surface area (Å²) in [6.45, 7) is 1.90. The molecule has 2 rings (SSSR count). The molecule has 110 valence electrons. The molecule has 0 aliphatic rings. The van der Waals surface area contributed by atoms with Crippen LogP contribution in [-0.4, -0.2) is 13.0 Å².